The second-order valence-electron chi connectivity index (χ2n) is 10.5. The molecule has 1 fully saturated rings. The van der Waals surface area contributed by atoms with Crippen LogP contribution in [0.3, 0.4) is 0 Å². The fraction of sp³-hybridized carbons (Fsp3) is 0.321. The summed E-state index contributed by atoms with van der Waals surface area (Å²) in [6, 6.07) is 10.6. The van der Waals surface area contributed by atoms with Crippen molar-refractivity contribution >= 4 is 34.2 Å². The van der Waals surface area contributed by atoms with E-state index in [1.807, 2.05) is 24.7 Å². The molecule has 0 radical (unpaired) electrons. The molecular formula is C28H32N8. The lowest BCUT2D eigenvalue weighted by atomic mass is 9.77. The highest BCUT2D eigenvalue weighted by Crippen LogP contribution is 2.37. The molecule has 1 saturated heterocycles. The summed E-state index contributed by atoms with van der Waals surface area (Å²) in [4.78, 5) is 22.0. The number of H-pyrrole nitrogens is 1. The first-order chi connectivity index (χ1) is 17.4. The molecule has 3 aromatic heterocycles. The Labute approximate surface area is 211 Å². The minimum atomic E-state index is 0.0275. The number of pyridine rings is 1. The number of likely N-dealkylation sites (N-methyl/N-ethyl adjacent to an activating group) is 1. The van der Waals surface area contributed by atoms with Gasteiger partial charge in [-0.1, -0.05) is 32.6 Å². The molecule has 8 heteroatoms. The lowest BCUT2D eigenvalue weighted by molar-refractivity contribution is 0.312. The molecule has 1 aromatic carbocycles. The molecule has 6 rings (SSSR count). The summed E-state index contributed by atoms with van der Waals surface area (Å²) in [6.45, 7) is 13.6. The molecule has 5 heterocycles. The van der Waals surface area contributed by atoms with E-state index in [0.717, 1.165) is 72.1 Å². The second-order valence-corrected chi connectivity index (χ2v) is 10.5. The van der Waals surface area contributed by atoms with E-state index in [9.17, 15) is 0 Å². The molecule has 8 nitrogen and oxygen atoms in total. The van der Waals surface area contributed by atoms with Crippen LogP contribution in [0.25, 0.3) is 27.9 Å². The Morgan fingerprint density at radius 1 is 1.03 bits per heavy atom. The van der Waals surface area contributed by atoms with Gasteiger partial charge in [-0.25, -0.2) is 9.97 Å². The van der Waals surface area contributed by atoms with Gasteiger partial charge >= 0.3 is 0 Å². The number of aromatic nitrogens is 4. The van der Waals surface area contributed by atoms with Crippen LogP contribution < -0.4 is 15.5 Å². The van der Waals surface area contributed by atoms with E-state index in [4.69, 9.17) is 4.98 Å². The first-order valence-electron chi connectivity index (χ1n) is 12.5. The van der Waals surface area contributed by atoms with Crippen LogP contribution in [0.1, 0.15) is 25.0 Å². The van der Waals surface area contributed by atoms with E-state index < -0.39 is 0 Å². The maximum atomic E-state index is 4.75. The van der Waals surface area contributed by atoms with Crippen molar-refractivity contribution in [2.24, 2.45) is 0 Å². The molecule has 0 bridgehead atoms. The van der Waals surface area contributed by atoms with Crippen molar-refractivity contribution in [3.8, 4) is 11.1 Å². The van der Waals surface area contributed by atoms with Gasteiger partial charge in [0, 0.05) is 90.7 Å². The van der Waals surface area contributed by atoms with Crippen molar-refractivity contribution in [2.45, 2.75) is 19.3 Å². The summed E-state index contributed by atoms with van der Waals surface area (Å²) in [5.41, 5.74) is 7.49. The largest absolute Gasteiger partial charge is 0.384 e. The van der Waals surface area contributed by atoms with Crippen molar-refractivity contribution in [1.29, 1.82) is 0 Å². The van der Waals surface area contributed by atoms with Crippen LogP contribution in [0.15, 0.2) is 55.5 Å². The Bertz CT molecular complexity index is 1450. The number of hydrogen-bond acceptors (Lipinski definition) is 7. The van der Waals surface area contributed by atoms with Gasteiger partial charge in [-0.3, -0.25) is 0 Å². The number of piperazine rings is 1. The number of nitrogens with one attached hydrogen (secondary N) is 3. The minimum absolute atomic E-state index is 0.0275. The highest BCUT2D eigenvalue weighted by atomic mass is 15.3. The molecule has 4 aromatic rings. The van der Waals surface area contributed by atoms with E-state index >= 15 is 0 Å². The Balaban J connectivity index is 1.26. The topological polar surface area (TPSA) is 85.0 Å². The molecule has 0 unspecified atom stereocenters. The van der Waals surface area contributed by atoms with Gasteiger partial charge in [0.1, 0.15) is 11.5 Å². The molecule has 184 valence electrons. The predicted octanol–water partition coefficient (Wildman–Crippen LogP) is 4.37. The Morgan fingerprint density at radius 3 is 2.69 bits per heavy atom. The van der Waals surface area contributed by atoms with Crippen LogP contribution in [-0.4, -0.2) is 64.6 Å². The van der Waals surface area contributed by atoms with E-state index in [1.54, 1.807) is 0 Å². The summed E-state index contributed by atoms with van der Waals surface area (Å²) in [7, 11) is 2.16. The van der Waals surface area contributed by atoms with Crippen LogP contribution in [-0.2, 0) is 5.41 Å². The normalized spacial score (nSPS) is 17.6. The SMILES string of the molecule is C=C1NCC(C)(C)c2cc(-c3c[nH]c4nc(Nc5ccnc(N6CCN(C)CC6)c5)ncc34)ccc21. The van der Waals surface area contributed by atoms with E-state index in [-0.39, 0.29) is 5.41 Å². The van der Waals surface area contributed by atoms with Gasteiger partial charge < -0.3 is 25.4 Å². The van der Waals surface area contributed by atoms with Gasteiger partial charge in [0.15, 0.2) is 0 Å². The Kier molecular flexibility index (Phi) is 5.41. The molecule has 0 atom stereocenters. The second kappa shape index (κ2) is 8.64. The van der Waals surface area contributed by atoms with Crippen molar-refractivity contribution in [2.75, 3.05) is 50.0 Å². The van der Waals surface area contributed by atoms with Crippen LogP contribution >= 0.6 is 0 Å². The monoisotopic (exact) mass is 480 g/mol. The Morgan fingerprint density at radius 2 is 1.86 bits per heavy atom. The van der Waals surface area contributed by atoms with Gasteiger partial charge in [0.2, 0.25) is 5.95 Å². The number of benzene rings is 1. The summed E-state index contributed by atoms with van der Waals surface area (Å²) < 4.78 is 0. The molecule has 0 spiro atoms. The molecular weight excluding hydrogens is 448 g/mol. The van der Waals surface area contributed by atoms with Crippen LogP contribution in [0.2, 0.25) is 0 Å². The predicted molar refractivity (Wildman–Crippen MR) is 147 cm³/mol. The van der Waals surface area contributed by atoms with E-state index in [0.29, 0.717) is 5.95 Å². The van der Waals surface area contributed by atoms with Gasteiger partial charge in [-0.05, 0) is 30.3 Å². The summed E-state index contributed by atoms with van der Waals surface area (Å²) in [5, 5.41) is 7.78. The van der Waals surface area contributed by atoms with Crippen LogP contribution in [0.4, 0.5) is 17.5 Å². The fourth-order valence-electron chi connectivity index (χ4n) is 5.09. The molecule has 0 aliphatic carbocycles. The average molecular weight is 481 g/mol. The molecule has 2 aliphatic rings. The van der Waals surface area contributed by atoms with Crippen molar-refractivity contribution < 1.29 is 0 Å². The third kappa shape index (κ3) is 4.07. The summed E-state index contributed by atoms with van der Waals surface area (Å²) in [5.74, 6) is 1.53. The first-order valence-corrected chi connectivity index (χ1v) is 12.5. The van der Waals surface area contributed by atoms with Crippen molar-refractivity contribution in [3.05, 3.63) is 66.6 Å². The summed E-state index contributed by atoms with van der Waals surface area (Å²) >= 11 is 0. The molecule has 36 heavy (non-hydrogen) atoms. The molecule has 3 N–H and O–H groups in total. The zero-order chi connectivity index (χ0) is 24.9. The lowest BCUT2D eigenvalue weighted by Gasteiger charge is -2.35. The van der Waals surface area contributed by atoms with Gasteiger partial charge in [-0.15, -0.1) is 0 Å². The number of hydrogen-bond donors (Lipinski definition) is 3. The maximum absolute atomic E-state index is 4.75. The average Bonchev–Trinajstić information content (AvgIpc) is 3.30. The smallest absolute Gasteiger partial charge is 0.229 e. The van der Waals surface area contributed by atoms with Gasteiger partial charge in [-0.2, -0.15) is 4.98 Å². The fourth-order valence-corrected chi connectivity index (χ4v) is 5.09. The highest BCUT2D eigenvalue weighted by molar-refractivity contribution is 5.94. The third-order valence-corrected chi connectivity index (χ3v) is 7.39. The van der Waals surface area contributed by atoms with Crippen molar-refractivity contribution in [1.82, 2.24) is 30.2 Å². The quantitative estimate of drug-likeness (QED) is 0.400. The molecule has 2 aliphatic heterocycles. The first kappa shape index (κ1) is 22.5. The third-order valence-electron chi connectivity index (χ3n) is 7.39. The summed E-state index contributed by atoms with van der Waals surface area (Å²) in [6.07, 6.45) is 5.75. The zero-order valence-corrected chi connectivity index (χ0v) is 21.1. The molecule has 0 saturated carbocycles. The molecule has 0 amide bonds. The van der Waals surface area contributed by atoms with Crippen LogP contribution in [0.5, 0.6) is 0 Å². The highest BCUT2D eigenvalue weighted by Gasteiger charge is 2.29. The Hall–Kier alpha value is -3.91. The zero-order valence-electron chi connectivity index (χ0n) is 21.1. The standard InChI is InChI=1S/C28H32N8/c1-18-21-6-5-19(13-24(21)28(2,3)17-32-18)22-15-30-26-23(22)16-31-27(34-26)33-20-7-8-29-25(14-20)36-11-9-35(4)10-12-36/h5-8,13-16,32H,1,9-12,17H2,2-4H3,(H2,29,30,31,33,34). The number of aromatic amines is 1. The lowest BCUT2D eigenvalue weighted by Crippen LogP contribution is -2.44. The van der Waals surface area contributed by atoms with Gasteiger partial charge in [0.05, 0.1) is 0 Å². The number of anilines is 3. The van der Waals surface area contributed by atoms with E-state index in [2.05, 4.69) is 87.1 Å². The number of rotatable bonds is 4. The van der Waals surface area contributed by atoms with Gasteiger partial charge in [0.25, 0.3) is 0 Å². The minimum Gasteiger partial charge on any atom is -0.384 e. The number of fused-ring (bicyclic) bond motifs is 2. The maximum Gasteiger partial charge on any atom is 0.229 e. The number of nitrogens with zero attached hydrogens (tertiary/aromatic N) is 5. The van der Waals surface area contributed by atoms with Crippen molar-refractivity contribution in [3.63, 3.8) is 0 Å². The van der Waals surface area contributed by atoms with Crippen LogP contribution in [0, 0.1) is 0 Å². The van der Waals surface area contributed by atoms with E-state index in [1.165, 1.54) is 11.1 Å².